The number of hydrogen-bond donors (Lipinski definition) is 0. The minimum atomic E-state index is 0.0476. The summed E-state index contributed by atoms with van der Waals surface area (Å²) < 4.78 is 12.3. The van der Waals surface area contributed by atoms with Crippen molar-refractivity contribution < 1.29 is 9.47 Å². The summed E-state index contributed by atoms with van der Waals surface area (Å²) in [6.07, 6.45) is 12.9. The predicted octanol–water partition coefficient (Wildman–Crippen LogP) is 3.66. The first kappa shape index (κ1) is 15.4. The Balaban J connectivity index is 2.07. The van der Waals surface area contributed by atoms with E-state index < -0.39 is 0 Å². The van der Waals surface area contributed by atoms with Crippen molar-refractivity contribution >= 4 is 27.5 Å². The molecule has 2 rings (SSSR count). The van der Waals surface area contributed by atoms with Gasteiger partial charge in [0.25, 0.3) is 0 Å². The molecule has 6 atom stereocenters. The topological polar surface area (TPSA) is 18.5 Å². The lowest BCUT2D eigenvalue weighted by molar-refractivity contribution is -0.0500. The molecule has 0 unspecified atom stereocenters. The molecular weight excluding hydrogens is 328 g/mol. The molecular formula is C15H20BrClO2. The van der Waals surface area contributed by atoms with Gasteiger partial charge in [-0.3, -0.25) is 0 Å². The number of fused-ring (bicyclic) bond motifs is 2. The highest BCUT2D eigenvalue weighted by molar-refractivity contribution is 9.09. The first-order valence-corrected chi connectivity index (χ1v) is 8.21. The van der Waals surface area contributed by atoms with E-state index in [0.29, 0.717) is 4.83 Å². The quantitative estimate of drug-likeness (QED) is 0.573. The van der Waals surface area contributed by atoms with Gasteiger partial charge in [0.05, 0.1) is 29.8 Å². The van der Waals surface area contributed by atoms with Gasteiger partial charge in [0, 0.05) is 11.2 Å². The highest BCUT2D eigenvalue weighted by atomic mass is 79.9. The fraction of sp³-hybridized carbons (Fsp3) is 0.733. The number of rotatable bonds is 3. The summed E-state index contributed by atoms with van der Waals surface area (Å²) in [6, 6.07) is 0. The number of ether oxygens (including phenoxy) is 2. The summed E-state index contributed by atoms with van der Waals surface area (Å²) in [5.74, 6) is 2.50. The highest BCUT2D eigenvalue weighted by Crippen LogP contribution is 2.37. The number of allylic oxidation sites excluding steroid dienone is 1. The van der Waals surface area contributed by atoms with E-state index >= 15 is 0 Å². The van der Waals surface area contributed by atoms with Crippen LogP contribution in [-0.2, 0) is 9.47 Å². The van der Waals surface area contributed by atoms with E-state index in [9.17, 15) is 0 Å². The second-order valence-electron chi connectivity index (χ2n) is 5.14. The fourth-order valence-corrected chi connectivity index (χ4v) is 4.25. The largest absolute Gasteiger partial charge is 0.371 e. The molecule has 0 N–H and O–H groups in total. The van der Waals surface area contributed by atoms with Gasteiger partial charge in [-0.1, -0.05) is 34.9 Å². The van der Waals surface area contributed by atoms with Crippen LogP contribution in [0.25, 0.3) is 0 Å². The van der Waals surface area contributed by atoms with E-state index in [4.69, 9.17) is 27.5 Å². The second kappa shape index (κ2) is 7.13. The minimum Gasteiger partial charge on any atom is -0.371 e. The predicted molar refractivity (Wildman–Crippen MR) is 81.8 cm³/mol. The molecule has 106 valence electrons. The Morgan fingerprint density at radius 3 is 2.74 bits per heavy atom. The number of alkyl halides is 2. The van der Waals surface area contributed by atoms with Crippen molar-refractivity contribution in [1.29, 1.82) is 0 Å². The Morgan fingerprint density at radius 1 is 1.32 bits per heavy atom. The zero-order chi connectivity index (χ0) is 13.8. The third-order valence-electron chi connectivity index (χ3n) is 3.82. The van der Waals surface area contributed by atoms with Crippen LogP contribution in [-0.4, -0.2) is 34.6 Å². The zero-order valence-electron chi connectivity index (χ0n) is 11.1. The van der Waals surface area contributed by atoms with Crippen molar-refractivity contribution in [2.45, 2.75) is 67.2 Å². The van der Waals surface area contributed by atoms with Gasteiger partial charge < -0.3 is 9.47 Å². The maximum absolute atomic E-state index is 6.47. The number of halogens is 2. The van der Waals surface area contributed by atoms with Gasteiger partial charge in [-0.25, -0.2) is 0 Å². The van der Waals surface area contributed by atoms with Gasteiger partial charge in [-0.05, 0) is 25.3 Å². The maximum Gasteiger partial charge on any atom is 0.0876 e. The standard InChI is InChI=1S/C15H20BrClO2/c1-3-5-6-7-13-15-9-14(19-13)11(17)8-10(16)12(4-2)18-15/h1,5-6,10-15H,4,7-9H2,2H3/b6-5+/t10-,11-,12+,13-,14+,15+/m0/s1. The summed E-state index contributed by atoms with van der Waals surface area (Å²) in [6.45, 7) is 2.14. The third-order valence-corrected chi connectivity index (χ3v) is 5.24. The lowest BCUT2D eigenvalue weighted by atomic mass is 9.99. The average molecular weight is 348 g/mol. The molecule has 2 bridgehead atoms. The summed E-state index contributed by atoms with van der Waals surface area (Å²) in [5.41, 5.74) is 0. The molecule has 0 aromatic heterocycles. The van der Waals surface area contributed by atoms with Crippen LogP contribution >= 0.6 is 27.5 Å². The van der Waals surface area contributed by atoms with E-state index in [1.165, 1.54) is 0 Å². The molecule has 0 aromatic rings. The molecule has 0 aliphatic carbocycles. The van der Waals surface area contributed by atoms with Gasteiger partial charge in [0.2, 0.25) is 0 Å². The van der Waals surface area contributed by atoms with E-state index in [2.05, 4.69) is 28.8 Å². The summed E-state index contributed by atoms with van der Waals surface area (Å²) in [5, 5.41) is 0.0476. The van der Waals surface area contributed by atoms with Gasteiger partial charge in [-0.2, -0.15) is 0 Å². The van der Waals surface area contributed by atoms with Crippen LogP contribution in [0.15, 0.2) is 12.2 Å². The van der Waals surface area contributed by atoms with Crippen LogP contribution < -0.4 is 0 Å². The van der Waals surface area contributed by atoms with E-state index in [-0.39, 0.29) is 29.8 Å². The smallest absolute Gasteiger partial charge is 0.0876 e. The van der Waals surface area contributed by atoms with Crippen LogP contribution in [0.2, 0.25) is 0 Å². The molecule has 2 fully saturated rings. The van der Waals surface area contributed by atoms with Crippen molar-refractivity contribution in [3.05, 3.63) is 12.2 Å². The molecule has 2 heterocycles. The molecule has 19 heavy (non-hydrogen) atoms. The Morgan fingerprint density at radius 2 is 2.05 bits per heavy atom. The molecule has 0 amide bonds. The van der Waals surface area contributed by atoms with Gasteiger partial charge in [-0.15, -0.1) is 18.0 Å². The Kier molecular flexibility index (Phi) is 5.77. The SMILES string of the molecule is C#C/C=C/C[C@@H]1O[C@@H]2C[C@H]1O[C@H](CC)[C@@H](Br)C[C@@H]2Cl. The Bertz CT molecular complexity index is 366. The Hall–Kier alpha value is -0.0100. The summed E-state index contributed by atoms with van der Waals surface area (Å²) in [4.78, 5) is 0.300. The first-order chi connectivity index (χ1) is 9.15. The van der Waals surface area contributed by atoms with Crippen LogP contribution in [0, 0.1) is 12.3 Å². The first-order valence-electron chi connectivity index (χ1n) is 6.85. The normalized spacial score (nSPS) is 42.8. The third kappa shape index (κ3) is 3.76. The fourth-order valence-electron chi connectivity index (χ4n) is 2.78. The minimum absolute atomic E-state index is 0.0476. The molecule has 0 saturated carbocycles. The van der Waals surface area contributed by atoms with Crippen molar-refractivity contribution in [3.63, 3.8) is 0 Å². The second-order valence-corrected chi connectivity index (χ2v) is 6.88. The molecule has 2 nitrogen and oxygen atoms in total. The van der Waals surface area contributed by atoms with Crippen LogP contribution in [0.5, 0.6) is 0 Å². The van der Waals surface area contributed by atoms with Crippen molar-refractivity contribution in [2.24, 2.45) is 0 Å². The lowest BCUT2D eigenvalue weighted by Crippen LogP contribution is -2.37. The molecule has 2 aliphatic heterocycles. The van der Waals surface area contributed by atoms with E-state index in [1.807, 2.05) is 6.08 Å². The number of hydrogen-bond acceptors (Lipinski definition) is 2. The van der Waals surface area contributed by atoms with E-state index in [1.54, 1.807) is 6.08 Å². The molecule has 0 radical (unpaired) electrons. The molecule has 0 spiro atoms. The molecule has 4 heteroatoms. The monoisotopic (exact) mass is 346 g/mol. The number of terminal acetylenes is 1. The zero-order valence-corrected chi connectivity index (χ0v) is 13.4. The molecule has 0 aromatic carbocycles. The summed E-state index contributed by atoms with van der Waals surface area (Å²) in [7, 11) is 0. The van der Waals surface area contributed by atoms with Gasteiger partial charge in [0.15, 0.2) is 0 Å². The van der Waals surface area contributed by atoms with Crippen LogP contribution in [0.1, 0.15) is 32.6 Å². The maximum atomic E-state index is 6.47. The van der Waals surface area contributed by atoms with Crippen molar-refractivity contribution in [2.75, 3.05) is 0 Å². The highest BCUT2D eigenvalue weighted by Gasteiger charge is 2.43. The van der Waals surface area contributed by atoms with Crippen molar-refractivity contribution in [1.82, 2.24) is 0 Å². The van der Waals surface area contributed by atoms with Crippen LogP contribution in [0.4, 0.5) is 0 Å². The lowest BCUT2D eigenvalue weighted by Gasteiger charge is -2.30. The Labute approximate surface area is 129 Å². The molecule has 2 saturated heterocycles. The van der Waals surface area contributed by atoms with E-state index in [0.717, 1.165) is 25.7 Å². The average Bonchev–Trinajstić information content (AvgIpc) is 2.79. The summed E-state index contributed by atoms with van der Waals surface area (Å²) >= 11 is 10.2. The molecule has 2 aliphatic rings. The van der Waals surface area contributed by atoms with Crippen molar-refractivity contribution in [3.8, 4) is 12.3 Å². The van der Waals surface area contributed by atoms with Gasteiger partial charge >= 0.3 is 0 Å². The van der Waals surface area contributed by atoms with Crippen LogP contribution in [0.3, 0.4) is 0 Å². The van der Waals surface area contributed by atoms with Gasteiger partial charge in [0.1, 0.15) is 0 Å².